The highest BCUT2D eigenvalue weighted by molar-refractivity contribution is 5.23. The van der Waals surface area contributed by atoms with Gasteiger partial charge in [0.25, 0.3) is 0 Å². The third-order valence-corrected chi connectivity index (χ3v) is 3.95. The van der Waals surface area contributed by atoms with Gasteiger partial charge in [0.1, 0.15) is 0 Å². The van der Waals surface area contributed by atoms with Gasteiger partial charge in [0.05, 0.1) is 12.4 Å². The molecule has 0 saturated heterocycles. The van der Waals surface area contributed by atoms with Crippen LogP contribution in [0.15, 0.2) is 48.8 Å². The normalized spacial score (nSPS) is 13.6. The molecule has 0 spiro atoms. The molecule has 5 heteroatoms. The van der Waals surface area contributed by atoms with Crippen molar-refractivity contribution in [1.29, 1.82) is 0 Å². The van der Waals surface area contributed by atoms with Crippen molar-refractivity contribution < 1.29 is 9.84 Å². The fourth-order valence-corrected chi connectivity index (χ4v) is 2.35. The minimum Gasteiger partial charge on any atom is -0.396 e. The average molecular weight is 348 g/mol. The van der Waals surface area contributed by atoms with Crippen LogP contribution in [0.25, 0.3) is 0 Å². The molecular weight excluding hydrogens is 314 g/mol. The zero-order valence-electron chi connectivity index (χ0n) is 15.7. The van der Waals surface area contributed by atoms with E-state index in [2.05, 4.69) is 46.8 Å². The largest absolute Gasteiger partial charge is 0.396 e. The first kappa shape index (κ1) is 21.2. The van der Waals surface area contributed by atoms with Crippen molar-refractivity contribution >= 4 is 0 Å². The zero-order valence-corrected chi connectivity index (χ0v) is 15.7. The summed E-state index contributed by atoms with van der Waals surface area (Å²) in [7, 11) is 3.65. The van der Waals surface area contributed by atoms with Crippen molar-refractivity contribution in [2.45, 2.75) is 32.5 Å². The van der Waals surface area contributed by atoms with Gasteiger partial charge in [-0.3, -0.25) is 0 Å². The minimum absolute atomic E-state index is 0.186. The monoisotopic (exact) mass is 347 g/mol. The molecule has 0 aromatic heterocycles. The Kier molecular flexibility index (Phi) is 10.6. The molecule has 1 aromatic rings. The van der Waals surface area contributed by atoms with E-state index in [9.17, 15) is 0 Å². The van der Waals surface area contributed by atoms with Crippen LogP contribution < -0.4 is 16.0 Å². The van der Waals surface area contributed by atoms with Gasteiger partial charge in [-0.05, 0) is 30.5 Å². The Labute approximate surface area is 152 Å². The first-order valence-corrected chi connectivity index (χ1v) is 8.77. The Morgan fingerprint density at radius 3 is 2.76 bits per heavy atom. The average Bonchev–Trinajstić information content (AvgIpc) is 2.63. The van der Waals surface area contributed by atoms with Crippen LogP contribution in [0, 0.1) is 5.92 Å². The lowest BCUT2D eigenvalue weighted by atomic mass is 10.1. The smallest absolute Gasteiger partial charge is 0.0915 e. The molecule has 2 unspecified atom stereocenters. The van der Waals surface area contributed by atoms with Crippen molar-refractivity contribution in [3.63, 3.8) is 0 Å². The number of likely N-dealkylation sites (N-methyl/N-ethyl adjacent to an activating group) is 1. The van der Waals surface area contributed by atoms with E-state index in [-0.39, 0.29) is 12.5 Å². The molecule has 5 nitrogen and oxygen atoms in total. The lowest BCUT2D eigenvalue weighted by Crippen LogP contribution is -2.38. The Morgan fingerprint density at radius 2 is 2.08 bits per heavy atom. The van der Waals surface area contributed by atoms with E-state index in [1.807, 2.05) is 26.1 Å². The number of rotatable bonds is 13. The van der Waals surface area contributed by atoms with Crippen molar-refractivity contribution in [3.05, 3.63) is 59.9 Å². The standard InChI is InChI=1S/C20H33N3O2/c1-16(14-24)7-5-10-20(21-3)13-23-17(2)22-12-18-8-6-9-19(11-18)15-25-4/h5-9,11,16,20-24H,2,10,12-15H2,1,3-4H3/b7-5-. The summed E-state index contributed by atoms with van der Waals surface area (Å²) in [6.07, 6.45) is 5.06. The molecule has 4 N–H and O–H groups in total. The van der Waals surface area contributed by atoms with Crippen LogP contribution in [-0.4, -0.2) is 38.5 Å². The van der Waals surface area contributed by atoms with Gasteiger partial charge in [-0.2, -0.15) is 0 Å². The van der Waals surface area contributed by atoms with Gasteiger partial charge in [-0.1, -0.05) is 49.9 Å². The van der Waals surface area contributed by atoms with Crippen LogP contribution in [0.2, 0.25) is 0 Å². The molecular formula is C20H33N3O2. The Bertz CT molecular complexity index is 531. The van der Waals surface area contributed by atoms with Crippen LogP contribution in [0.1, 0.15) is 24.5 Å². The van der Waals surface area contributed by atoms with Gasteiger partial charge in [-0.25, -0.2) is 0 Å². The molecule has 0 aliphatic heterocycles. The lowest BCUT2D eigenvalue weighted by molar-refractivity contribution is 0.185. The number of ether oxygens (including phenoxy) is 1. The van der Waals surface area contributed by atoms with Crippen LogP contribution in [0.5, 0.6) is 0 Å². The van der Waals surface area contributed by atoms with Crippen molar-refractivity contribution in [2.24, 2.45) is 5.92 Å². The summed E-state index contributed by atoms with van der Waals surface area (Å²) in [6, 6.07) is 8.63. The second-order valence-electron chi connectivity index (χ2n) is 6.28. The van der Waals surface area contributed by atoms with E-state index >= 15 is 0 Å². The second kappa shape index (κ2) is 12.5. The molecule has 0 amide bonds. The molecule has 0 aliphatic carbocycles. The molecule has 0 bridgehead atoms. The summed E-state index contributed by atoms with van der Waals surface area (Å²) < 4.78 is 5.16. The highest BCUT2D eigenvalue weighted by Gasteiger charge is 2.04. The summed E-state index contributed by atoms with van der Waals surface area (Å²) in [5.41, 5.74) is 2.36. The van der Waals surface area contributed by atoms with E-state index in [0.29, 0.717) is 12.6 Å². The van der Waals surface area contributed by atoms with Crippen LogP contribution in [-0.2, 0) is 17.9 Å². The maximum atomic E-state index is 9.03. The molecule has 2 atom stereocenters. The topological polar surface area (TPSA) is 65.5 Å². The Morgan fingerprint density at radius 1 is 1.32 bits per heavy atom. The molecule has 0 heterocycles. The SMILES string of the molecule is C=C(NCc1cccc(COC)c1)NCC(C/C=C\C(C)CO)NC. The van der Waals surface area contributed by atoms with Gasteiger partial charge >= 0.3 is 0 Å². The summed E-state index contributed by atoms with van der Waals surface area (Å²) >= 11 is 0. The van der Waals surface area contributed by atoms with Crippen molar-refractivity contribution in [2.75, 3.05) is 27.3 Å². The Balaban J connectivity index is 2.33. The van der Waals surface area contributed by atoms with Crippen molar-refractivity contribution in [3.8, 4) is 0 Å². The van der Waals surface area contributed by atoms with Crippen LogP contribution in [0.4, 0.5) is 0 Å². The maximum absolute atomic E-state index is 9.03. The highest BCUT2D eigenvalue weighted by atomic mass is 16.5. The first-order valence-electron chi connectivity index (χ1n) is 8.77. The third-order valence-electron chi connectivity index (χ3n) is 3.95. The molecule has 0 aliphatic rings. The number of aliphatic hydroxyl groups excluding tert-OH is 1. The lowest BCUT2D eigenvalue weighted by Gasteiger charge is -2.18. The fraction of sp³-hybridized carbons (Fsp3) is 0.500. The summed E-state index contributed by atoms with van der Waals surface area (Å²) in [5.74, 6) is 1.01. The van der Waals surface area contributed by atoms with Gasteiger partial charge in [-0.15, -0.1) is 0 Å². The summed E-state index contributed by atoms with van der Waals surface area (Å²) in [6.45, 7) is 8.34. The van der Waals surface area contributed by atoms with E-state index in [1.54, 1.807) is 7.11 Å². The van der Waals surface area contributed by atoms with Crippen molar-refractivity contribution in [1.82, 2.24) is 16.0 Å². The minimum atomic E-state index is 0.186. The number of methoxy groups -OCH3 is 1. The number of hydrogen-bond acceptors (Lipinski definition) is 5. The quantitative estimate of drug-likeness (QED) is 0.412. The van der Waals surface area contributed by atoms with Crippen LogP contribution >= 0.6 is 0 Å². The van der Waals surface area contributed by atoms with E-state index in [1.165, 1.54) is 11.1 Å². The molecule has 0 fully saturated rings. The summed E-state index contributed by atoms with van der Waals surface area (Å²) in [4.78, 5) is 0. The molecule has 25 heavy (non-hydrogen) atoms. The van der Waals surface area contributed by atoms with Gasteiger partial charge < -0.3 is 25.8 Å². The van der Waals surface area contributed by atoms with E-state index < -0.39 is 0 Å². The van der Waals surface area contributed by atoms with E-state index in [4.69, 9.17) is 9.84 Å². The fourth-order valence-electron chi connectivity index (χ4n) is 2.35. The summed E-state index contributed by atoms with van der Waals surface area (Å²) in [5, 5.41) is 18.9. The van der Waals surface area contributed by atoms with Gasteiger partial charge in [0.2, 0.25) is 0 Å². The maximum Gasteiger partial charge on any atom is 0.0915 e. The predicted octanol–water partition coefficient (Wildman–Crippen LogP) is 2.15. The zero-order chi connectivity index (χ0) is 18.5. The molecule has 0 radical (unpaired) electrons. The van der Waals surface area contributed by atoms with Gasteiger partial charge in [0.15, 0.2) is 0 Å². The first-order chi connectivity index (χ1) is 12.1. The van der Waals surface area contributed by atoms with Gasteiger partial charge in [0, 0.05) is 32.8 Å². The van der Waals surface area contributed by atoms with Crippen LogP contribution in [0.3, 0.4) is 0 Å². The third kappa shape index (κ3) is 9.29. The number of nitrogens with one attached hydrogen (secondary N) is 3. The second-order valence-corrected chi connectivity index (χ2v) is 6.28. The Hall–Kier alpha value is -1.82. The molecule has 140 valence electrons. The predicted molar refractivity (Wildman–Crippen MR) is 104 cm³/mol. The molecule has 1 aromatic carbocycles. The van der Waals surface area contributed by atoms with E-state index in [0.717, 1.165) is 25.3 Å². The number of aliphatic hydroxyl groups is 1. The number of benzene rings is 1. The number of hydrogen-bond donors (Lipinski definition) is 4. The highest BCUT2D eigenvalue weighted by Crippen LogP contribution is 2.06. The molecule has 1 rings (SSSR count). The molecule has 0 saturated carbocycles.